The maximum Gasteiger partial charge on any atom is 0.143 e. The van der Waals surface area contributed by atoms with Crippen molar-refractivity contribution in [3.05, 3.63) is 200 Å². The van der Waals surface area contributed by atoms with E-state index < -0.39 is 0 Å². The number of para-hydroxylation sites is 3. The fourth-order valence-corrected chi connectivity index (χ4v) is 8.66. The SMILES string of the molecule is c1ccc(-c2cccc(N(c3ccccc3)c3ccc4oc5ccc(-c6ccc7c(c6)oc6c(-c8ccc9oc%10ccccc%10c9c8)cccc67)cc5c4c3)c2)cc1. The Labute approximate surface area is 333 Å². The molecule has 9 aromatic carbocycles. The van der Waals surface area contributed by atoms with E-state index >= 15 is 0 Å². The van der Waals surface area contributed by atoms with Crippen LogP contribution in [0.3, 0.4) is 0 Å². The maximum absolute atomic E-state index is 6.74. The third kappa shape index (κ3) is 5.23. The molecule has 0 N–H and O–H groups in total. The smallest absolute Gasteiger partial charge is 0.143 e. The molecule has 58 heavy (non-hydrogen) atoms. The lowest BCUT2D eigenvalue weighted by Crippen LogP contribution is -2.09. The van der Waals surface area contributed by atoms with Crippen LogP contribution in [0.4, 0.5) is 17.1 Å². The van der Waals surface area contributed by atoms with E-state index in [2.05, 4.69) is 193 Å². The minimum Gasteiger partial charge on any atom is -0.456 e. The van der Waals surface area contributed by atoms with Crippen molar-refractivity contribution in [1.29, 1.82) is 0 Å². The Hall–Kier alpha value is -7.82. The van der Waals surface area contributed by atoms with Gasteiger partial charge in [0.2, 0.25) is 0 Å². The summed E-state index contributed by atoms with van der Waals surface area (Å²) in [7, 11) is 0. The molecule has 0 radical (unpaired) electrons. The normalized spacial score (nSPS) is 11.8. The molecule has 0 aliphatic heterocycles. The molecule has 0 aliphatic carbocycles. The zero-order valence-electron chi connectivity index (χ0n) is 31.2. The second kappa shape index (κ2) is 12.9. The fourth-order valence-electron chi connectivity index (χ4n) is 8.66. The maximum atomic E-state index is 6.74. The van der Waals surface area contributed by atoms with E-state index in [4.69, 9.17) is 13.3 Å². The quantitative estimate of drug-likeness (QED) is 0.170. The van der Waals surface area contributed by atoms with Gasteiger partial charge >= 0.3 is 0 Å². The Morgan fingerprint density at radius 2 is 0.793 bits per heavy atom. The average molecular weight is 744 g/mol. The zero-order valence-corrected chi connectivity index (χ0v) is 31.2. The predicted octanol–water partition coefficient (Wildman–Crippen LogP) is 15.9. The Bertz CT molecular complexity index is 3520. The third-order valence-corrected chi connectivity index (χ3v) is 11.5. The molecule has 0 unspecified atom stereocenters. The number of anilines is 3. The molecule has 0 amide bonds. The van der Waals surface area contributed by atoms with Gasteiger partial charge in [0.25, 0.3) is 0 Å². The fraction of sp³-hybridized carbons (Fsp3) is 0. The van der Waals surface area contributed by atoms with Crippen LogP contribution < -0.4 is 4.90 Å². The van der Waals surface area contributed by atoms with E-state index in [0.29, 0.717) is 0 Å². The molecule has 0 saturated heterocycles. The standard InChI is InChI=1S/C54H33NO3/c1-3-11-34(12-4-1)35-13-9-16-40(29-35)55(39-14-5-2-6-15-39)41-24-28-52-48(33-41)47-30-36(22-26-51(47)57-52)37-21-25-44-45-19-10-18-42(54(45)58-53(44)32-37)38-23-27-50-46(31-38)43-17-7-8-20-49(43)56-50/h1-33H. The highest BCUT2D eigenvalue weighted by Crippen LogP contribution is 2.42. The van der Waals surface area contributed by atoms with E-state index in [1.807, 2.05) is 12.1 Å². The number of hydrogen-bond acceptors (Lipinski definition) is 4. The van der Waals surface area contributed by atoms with Crippen molar-refractivity contribution in [3.8, 4) is 33.4 Å². The molecule has 12 rings (SSSR count). The van der Waals surface area contributed by atoms with Crippen molar-refractivity contribution in [1.82, 2.24) is 0 Å². The van der Waals surface area contributed by atoms with Crippen molar-refractivity contribution in [2.45, 2.75) is 0 Å². The van der Waals surface area contributed by atoms with Crippen LogP contribution in [0.5, 0.6) is 0 Å². The van der Waals surface area contributed by atoms with E-state index in [9.17, 15) is 0 Å². The van der Waals surface area contributed by atoms with Gasteiger partial charge in [0.1, 0.15) is 33.5 Å². The summed E-state index contributed by atoms with van der Waals surface area (Å²) < 4.78 is 19.3. The molecule has 4 nitrogen and oxygen atoms in total. The van der Waals surface area contributed by atoms with Crippen molar-refractivity contribution >= 4 is 82.9 Å². The Morgan fingerprint density at radius 1 is 0.259 bits per heavy atom. The van der Waals surface area contributed by atoms with Gasteiger partial charge in [-0.3, -0.25) is 0 Å². The largest absolute Gasteiger partial charge is 0.456 e. The molecule has 272 valence electrons. The van der Waals surface area contributed by atoms with Crippen molar-refractivity contribution in [2.75, 3.05) is 4.90 Å². The summed E-state index contributed by atoms with van der Waals surface area (Å²) >= 11 is 0. The molecule has 0 spiro atoms. The number of rotatable bonds is 6. The monoisotopic (exact) mass is 743 g/mol. The van der Waals surface area contributed by atoms with Crippen LogP contribution in [0.1, 0.15) is 0 Å². The second-order valence-corrected chi connectivity index (χ2v) is 14.9. The van der Waals surface area contributed by atoms with Crippen LogP contribution in [0.15, 0.2) is 213 Å². The zero-order chi connectivity index (χ0) is 38.2. The first-order valence-corrected chi connectivity index (χ1v) is 19.6. The lowest BCUT2D eigenvalue weighted by molar-refractivity contribution is 0.668. The van der Waals surface area contributed by atoms with Crippen LogP contribution >= 0.6 is 0 Å². The highest BCUT2D eigenvalue weighted by molar-refractivity contribution is 6.13. The van der Waals surface area contributed by atoms with Gasteiger partial charge < -0.3 is 18.2 Å². The molecule has 0 bridgehead atoms. The Kier molecular flexibility index (Phi) is 7.20. The molecule has 0 fully saturated rings. The Morgan fingerprint density at radius 3 is 1.64 bits per heavy atom. The highest BCUT2D eigenvalue weighted by Gasteiger charge is 2.18. The van der Waals surface area contributed by atoms with Crippen molar-refractivity contribution in [3.63, 3.8) is 0 Å². The van der Waals surface area contributed by atoms with E-state index in [1.165, 1.54) is 11.1 Å². The van der Waals surface area contributed by atoms with Crippen LogP contribution in [0, 0.1) is 0 Å². The van der Waals surface area contributed by atoms with Gasteiger partial charge in [0.15, 0.2) is 0 Å². The molecule has 0 aliphatic rings. The van der Waals surface area contributed by atoms with Crippen LogP contribution in [-0.4, -0.2) is 0 Å². The third-order valence-electron chi connectivity index (χ3n) is 11.5. The molecule has 3 aromatic heterocycles. The van der Waals surface area contributed by atoms with Gasteiger partial charge in [-0.2, -0.15) is 0 Å². The molecule has 4 heteroatoms. The van der Waals surface area contributed by atoms with Crippen molar-refractivity contribution in [2.24, 2.45) is 0 Å². The first-order valence-electron chi connectivity index (χ1n) is 19.6. The van der Waals surface area contributed by atoms with Crippen LogP contribution in [-0.2, 0) is 0 Å². The average Bonchev–Trinajstić information content (AvgIpc) is 3.97. The summed E-state index contributed by atoms with van der Waals surface area (Å²) in [5.74, 6) is 0. The number of benzene rings is 9. The summed E-state index contributed by atoms with van der Waals surface area (Å²) in [5.41, 5.74) is 15.1. The molecule has 0 saturated carbocycles. The van der Waals surface area contributed by atoms with Gasteiger partial charge in [-0.05, 0) is 113 Å². The van der Waals surface area contributed by atoms with Gasteiger partial charge in [-0.15, -0.1) is 0 Å². The van der Waals surface area contributed by atoms with Gasteiger partial charge in [-0.25, -0.2) is 0 Å². The van der Waals surface area contributed by atoms with E-state index in [0.717, 1.165) is 105 Å². The number of hydrogen-bond donors (Lipinski definition) is 0. The van der Waals surface area contributed by atoms with Gasteiger partial charge in [0, 0.05) is 54.9 Å². The first kappa shape index (κ1) is 32.4. The molecule has 0 atom stereocenters. The van der Waals surface area contributed by atoms with Gasteiger partial charge in [-0.1, -0.05) is 115 Å². The first-order chi connectivity index (χ1) is 28.7. The number of furan rings is 3. The van der Waals surface area contributed by atoms with Crippen molar-refractivity contribution < 1.29 is 13.3 Å². The highest BCUT2D eigenvalue weighted by atomic mass is 16.3. The molecular weight excluding hydrogens is 711 g/mol. The van der Waals surface area contributed by atoms with Gasteiger partial charge in [0.05, 0.1) is 0 Å². The Balaban J connectivity index is 0.950. The van der Waals surface area contributed by atoms with Crippen LogP contribution in [0.2, 0.25) is 0 Å². The van der Waals surface area contributed by atoms with E-state index in [1.54, 1.807) is 0 Å². The molecule has 12 aromatic rings. The topological polar surface area (TPSA) is 42.7 Å². The summed E-state index contributed by atoms with van der Waals surface area (Å²) in [6.45, 7) is 0. The molecule has 3 heterocycles. The lowest BCUT2D eigenvalue weighted by Gasteiger charge is -2.26. The van der Waals surface area contributed by atoms with Crippen LogP contribution in [0.25, 0.3) is 99.2 Å². The summed E-state index contributed by atoms with van der Waals surface area (Å²) in [6.07, 6.45) is 0. The lowest BCUT2D eigenvalue weighted by atomic mass is 9.99. The minimum absolute atomic E-state index is 0.851. The number of nitrogens with zero attached hydrogens (tertiary/aromatic N) is 1. The van der Waals surface area contributed by atoms with E-state index in [-0.39, 0.29) is 0 Å². The predicted molar refractivity (Wildman–Crippen MR) is 239 cm³/mol. The second-order valence-electron chi connectivity index (χ2n) is 14.9. The summed E-state index contributed by atoms with van der Waals surface area (Å²) in [4.78, 5) is 2.31. The molecular formula is C54H33NO3. The summed E-state index contributed by atoms with van der Waals surface area (Å²) in [6, 6.07) is 70.3. The minimum atomic E-state index is 0.851. The number of fused-ring (bicyclic) bond motifs is 9. The summed E-state index contributed by atoms with van der Waals surface area (Å²) in [5, 5.41) is 6.52.